The van der Waals surface area contributed by atoms with Crippen LogP contribution >= 0.6 is 0 Å². The highest BCUT2D eigenvalue weighted by atomic mass is 32.2. The van der Waals surface area contributed by atoms with Crippen LogP contribution in [0.5, 0.6) is 5.75 Å². The number of hydrogen-bond acceptors (Lipinski definition) is 4. The molecular formula is C17H16F3NO5S. The molecule has 2 N–H and O–H groups in total. The highest BCUT2D eigenvalue weighted by Crippen LogP contribution is 2.34. The van der Waals surface area contributed by atoms with E-state index in [0.29, 0.717) is 6.07 Å². The number of methoxy groups -OCH3 is 1. The number of alkyl halides is 3. The van der Waals surface area contributed by atoms with E-state index in [2.05, 4.69) is 4.72 Å². The minimum atomic E-state index is -4.63. The van der Waals surface area contributed by atoms with E-state index in [-0.39, 0.29) is 27.5 Å². The average molecular weight is 403 g/mol. The van der Waals surface area contributed by atoms with Gasteiger partial charge in [0, 0.05) is 5.69 Å². The smallest absolute Gasteiger partial charge is 0.416 e. The monoisotopic (exact) mass is 403 g/mol. The number of aryl methyl sites for hydroxylation is 1. The highest BCUT2D eigenvalue weighted by molar-refractivity contribution is 7.92. The maximum atomic E-state index is 13.0. The lowest BCUT2D eigenvalue weighted by molar-refractivity contribution is -0.138. The Morgan fingerprint density at radius 3 is 2.41 bits per heavy atom. The molecule has 6 nitrogen and oxygen atoms in total. The number of benzene rings is 2. The number of hydrogen-bond donors (Lipinski definition) is 2. The second-order valence-electron chi connectivity index (χ2n) is 5.69. The molecule has 0 atom stereocenters. The van der Waals surface area contributed by atoms with Gasteiger partial charge in [0.2, 0.25) is 0 Å². The van der Waals surface area contributed by atoms with Crippen molar-refractivity contribution in [3.8, 4) is 5.75 Å². The van der Waals surface area contributed by atoms with Crippen LogP contribution < -0.4 is 9.46 Å². The topological polar surface area (TPSA) is 92.7 Å². The summed E-state index contributed by atoms with van der Waals surface area (Å²) in [5, 5.41) is 8.85. The van der Waals surface area contributed by atoms with Crippen LogP contribution in [0.25, 0.3) is 0 Å². The number of ether oxygens (including phenoxy) is 1. The molecule has 2 rings (SSSR count). The lowest BCUT2D eigenvalue weighted by Crippen LogP contribution is -2.16. The van der Waals surface area contributed by atoms with Crippen molar-refractivity contribution < 1.29 is 36.2 Å². The van der Waals surface area contributed by atoms with Crippen molar-refractivity contribution in [2.24, 2.45) is 0 Å². The largest absolute Gasteiger partial charge is 0.495 e. The zero-order valence-electron chi connectivity index (χ0n) is 14.3. The molecule has 0 fully saturated rings. The summed E-state index contributed by atoms with van der Waals surface area (Å²) in [5.41, 5.74) is -1.09. The fourth-order valence-electron chi connectivity index (χ4n) is 2.42. The van der Waals surface area contributed by atoms with Crippen molar-refractivity contribution >= 4 is 21.7 Å². The molecule has 0 saturated heterocycles. The van der Waals surface area contributed by atoms with Crippen LogP contribution in [0, 0.1) is 6.92 Å². The Labute approximate surface area is 153 Å². The Balaban J connectivity index is 2.46. The third-order valence-electron chi connectivity index (χ3n) is 3.67. The average Bonchev–Trinajstić information content (AvgIpc) is 2.55. The first-order valence-corrected chi connectivity index (χ1v) is 9.01. The van der Waals surface area contributed by atoms with E-state index in [1.807, 2.05) is 0 Å². The van der Waals surface area contributed by atoms with Crippen molar-refractivity contribution in [3.05, 3.63) is 53.1 Å². The second-order valence-corrected chi connectivity index (χ2v) is 7.34. The number of nitrogens with one attached hydrogen (secondary N) is 1. The molecule has 0 amide bonds. The fraction of sp³-hybridized carbons (Fsp3) is 0.235. The van der Waals surface area contributed by atoms with Gasteiger partial charge in [0.25, 0.3) is 10.0 Å². The van der Waals surface area contributed by atoms with Crippen LogP contribution in [0.4, 0.5) is 18.9 Å². The van der Waals surface area contributed by atoms with E-state index < -0.39 is 34.2 Å². The molecule has 0 aliphatic rings. The zero-order valence-corrected chi connectivity index (χ0v) is 15.1. The van der Waals surface area contributed by atoms with E-state index >= 15 is 0 Å². The summed E-state index contributed by atoms with van der Waals surface area (Å²) in [6.45, 7) is 1.26. The summed E-state index contributed by atoms with van der Waals surface area (Å²) >= 11 is 0. The van der Waals surface area contributed by atoms with Gasteiger partial charge in [0.15, 0.2) is 0 Å². The second kappa shape index (κ2) is 7.47. The number of anilines is 1. The van der Waals surface area contributed by atoms with E-state index in [4.69, 9.17) is 9.84 Å². The third-order valence-corrected chi connectivity index (χ3v) is 5.07. The molecule has 0 heterocycles. The van der Waals surface area contributed by atoms with Crippen LogP contribution in [0.15, 0.2) is 41.3 Å². The number of halogens is 3. The van der Waals surface area contributed by atoms with Crippen molar-refractivity contribution in [3.63, 3.8) is 0 Å². The Morgan fingerprint density at radius 1 is 1.19 bits per heavy atom. The lowest BCUT2D eigenvalue weighted by atomic mass is 10.1. The number of sulfonamides is 1. The van der Waals surface area contributed by atoms with Crippen LogP contribution in [0.3, 0.4) is 0 Å². The highest BCUT2D eigenvalue weighted by Gasteiger charge is 2.33. The number of carbonyl (C=O) groups is 1. The van der Waals surface area contributed by atoms with Crippen LogP contribution in [0.2, 0.25) is 0 Å². The minimum Gasteiger partial charge on any atom is -0.495 e. The lowest BCUT2D eigenvalue weighted by Gasteiger charge is -2.15. The minimum absolute atomic E-state index is 0.0496. The van der Waals surface area contributed by atoms with Gasteiger partial charge in [0.05, 0.1) is 19.1 Å². The molecule has 0 spiro atoms. The molecule has 146 valence electrons. The summed E-state index contributed by atoms with van der Waals surface area (Å²) in [7, 11) is -3.10. The van der Waals surface area contributed by atoms with Crippen LogP contribution in [0.1, 0.15) is 16.7 Å². The molecule has 0 saturated carbocycles. The quantitative estimate of drug-likeness (QED) is 0.771. The first kappa shape index (κ1) is 20.6. The van der Waals surface area contributed by atoms with Gasteiger partial charge >= 0.3 is 12.1 Å². The van der Waals surface area contributed by atoms with Crippen LogP contribution in [-0.4, -0.2) is 26.6 Å². The Kier molecular flexibility index (Phi) is 5.69. The van der Waals surface area contributed by atoms with Gasteiger partial charge < -0.3 is 9.84 Å². The van der Waals surface area contributed by atoms with E-state index in [1.165, 1.54) is 32.2 Å². The zero-order chi connectivity index (χ0) is 20.4. The van der Waals surface area contributed by atoms with Gasteiger partial charge in [-0.25, -0.2) is 8.42 Å². The summed E-state index contributed by atoms with van der Waals surface area (Å²) in [6.07, 6.45) is -5.06. The number of rotatable bonds is 6. The standard InChI is InChI=1S/C17H16F3NO5S/c1-10-3-5-12(9-13(10)17(18,19)20)21-27(24,25)15-7-11(8-16(22)23)4-6-14(15)26-2/h3-7,9,21H,8H2,1-2H3,(H,22,23). The first-order chi connectivity index (χ1) is 12.4. The molecule has 27 heavy (non-hydrogen) atoms. The molecule has 0 radical (unpaired) electrons. The molecule has 0 unspecified atom stereocenters. The molecule has 2 aromatic rings. The van der Waals surface area contributed by atoms with Crippen molar-refractivity contribution in [1.82, 2.24) is 0 Å². The summed E-state index contributed by atoms with van der Waals surface area (Å²) in [5.74, 6) is -1.23. The van der Waals surface area contributed by atoms with E-state index in [9.17, 15) is 26.4 Å². The van der Waals surface area contributed by atoms with Crippen molar-refractivity contribution in [2.45, 2.75) is 24.4 Å². The maximum absolute atomic E-state index is 13.0. The molecule has 0 aromatic heterocycles. The van der Waals surface area contributed by atoms with Gasteiger partial charge in [-0.05, 0) is 42.3 Å². The number of carboxylic acids is 1. The van der Waals surface area contributed by atoms with Gasteiger partial charge in [-0.15, -0.1) is 0 Å². The molecular weight excluding hydrogens is 387 g/mol. The van der Waals surface area contributed by atoms with Crippen molar-refractivity contribution in [2.75, 3.05) is 11.8 Å². The maximum Gasteiger partial charge on any atom is 0.416 e. The van der Waals surface area contributed by atoms with Gasteiger partial charge in [-0.1, -0.05) is 12.1 Å². The third kappa shape index (κ3) is 4.91. The molecule has 2 aromatic carbocycles. The summed E-state index contributed by atoms with van der Waals surface area (Å²) in [4.78, 5) is 10.5. The Bertz CT molecular complexity index is 971. The predicted octanol–water partition coefficient (Wildman–Crippen LogP) is 3.45. The van der Waals surface area contributed by atoms with Crippen LogP contribution in [-0.2, 0) is 27.4 Å². The fourth-order valence-corrected chi connectivity index (χ4v) is 3.69. The van der Waals surface area contributed by atoms with Gasteiger partial charge in [-0.2, -0.15) is 13.2 Å². The van der Waals surface area contributed by atoms with E-state index in [1.54, 1.807) is 0 Å². The summed E-state index contributed by atoms with van der Waals surface area (Å²) in [6, 6.07) is 6.83. The number of carboxylic acid groups (broad SMARTS) is 1. The van der Waals surface area contributed by atoms with Gasteiger partial charge in [0.1, 0.15) is 10.6 Å². The Hall–Kier alpha value is -2.75. The molecule has 10 heteroatoms. The first-order valence-electron chi connectivity index (χ1n) is 7.53. The number of aliphatic carboxylic acids is 1. The summed E-state index contributed by atoms with van der Waals surface area (Å²) < 4.78 is 71.4. The molecule has 0 aliphatic heterocycles. The van der Waals surface area contributed by atoms with Crippen molar-refractivity contribution in [1.29, 1.82) is 0 Å². The SMILES string of the molecule is COc1ccc(CC(=O)O)cc1S(=O)(=O)Nc1ccc(C)c(C(F)(F)F)c1. The predicted molar refractivity (Wildman–Crippen MR) is 91.3 cm³/mol. The van der Waals surface area contributed by atoms with Gasteiger partial charge in [-0.3, -0.25) is 9.52 Å². The molecule has 0 bridgehead atoms. The normalized spacial score (nSPS) is 11.9. The van der Waals surface area contributed by atoms with E-state index in [0.717, 1.165) is 12.1 Å². The molecule has 0 aliphatic carbocycles. The Morgan fingerprint density at radius 2 is 1.85 bits per heavy atom.